The molecule has 0 saturated heterocycles. The van der Waals surface area contributed by atoms with Gasteiger partial charge in [-0.15, -0.1) is 11.3 Å². The van der Waals surface area contributed by atoms with Gasteiger partial charge in [-0.25, -0.2) is 0 Å². The van der Waals surface area contributed by atoms with Crippen LogP contribution in [0.2, 0.25) is 0 Å². The Hall–Kier alpha value is -0.840. The van der Waals surface area contributed by atoms with Crippen LogP contribution < -0.4 is 10.1 Å². The molecule has 3 rings (SSSR count). The van der Waals surface area contributed by atoms with Gasteiger partial charge in [0.1, 0.15) is 5.75 Å². The molecule has 1 aromatic carbocycles. The van der Waals surface area contributed by atoms with Gasteiger partial charge in [-0.1, -0.05) is 35.8 Å². The minimum atomic E-state index is 0.157. The molecule has 0 bridgehead atoms. The molecular formula is C17H20BrNOS. The Bertz CT molecular complexity index is 622. The Morgan fingerprint density at radius 3 is 3.00 bits per heavy atom. The zero-order valence-corrected chi connectivity index (χ0v) is 14.8. The molecule has 0 amide bonds. The number of nitrogens with one attached hydrogen (secondary N) is 1. The molecular weight excluding hydrogens is 346 g/mol. The van der Waals surface area contributed by atoms with Crippen LogP contribution in [0.25, 0.3) is 0 Å². The van der Waals surface area contributed by atoms with E-state index in [0.717, 1.165) is 36.3 Å². The first-order valence-electron chi connectivity index (χ1n) is 7.25. The van der Waals surface area contributed by atoms with Gasteiger partial charge in [0.15, 0.2) is 0 Å². The van der Waals surface area contributed by atoms with Crippen molar-refractivity contribution in [2.24, 2.45) is 0 Å². The summed E-state index contributed by atoms with van der Waals surface area (Å²) in [6.07, 6.45) is 1.02. The number of fused-ring (bicyclic) bond motifs is 1. The van der Waals surface area contributed by atoms with E-state index in [1.165, 1.54) is 16.0 Å². The number of hydrogen-bond donors (Lipinski definition) is 1. The first-order valence-corrected chi connectivity index (χ1v) is 8.92. The highest BCUT2D eigenvalue weighted by Crippen LogP contribution is 2.33. The number of rotatable bonds is 5. The van der Waals surface area contributed by atoms with Crippen LogP contribution in [0, 0.1) is 0 Å². The van der Waals surface area contributed by atoms with Gasteiger partial charge >= 0.3 is 0 Å². The van der Waals surface area contributed by atoms with Crippen molar-refractivity contribution in [3.63, 3.8) is 0 Å². The van der Waals surface area contributed by atoms with Crippen molar-refractivity contribution in [1.82, 2.24) is 5.32 Å². The maximum atomic E-state index is 5.78. The van der Waals surface area contributed by atoms with Gasteiger partial charge in [0.2, 0.25) is 0 Å². The third-order valence-corrected chi connectivity index (χ3v) is 5.59. The fourth-order valence-corrected chi connectivity index (χ4v) is 4.14. The van der Waals surface area contributed by atoms with Crippen molar-refractivity contribution in [2.45, 2.75) is 32.2 Å². The van der Waals surface area contributed by atoms with Crippen molar-refractivity contribution in [1.29, 1.82) is 0 Å². The lowest BCUT2D eigenvalue weighted by molar-refractivity contribution is 0.351. The number of hydrogen-bond acceptors (Lipinski definition) is 3. The Morgan fingerprint density at radius 2 is 2.24 bits per heavy atom. The van der Waals surface area contributed by atoms with E-state index in [2.05, 4.69) is 64.7 Å². The molecule has 0 atom stereocenters. The highest BCUT2D eigenvalue weighted by atomic mass is 79.9. The maximum Gasteiger partial charge on any atom is 0.127 e. The smallest absolute Gasteiger partial charge is 0.127 e. The molecule has 21 heavy (non-hydrogen) atoms. The van der Waals surface area contributed by atoms with E-state index in [1.54, 1.807) is 0 Å². The van der Waals surface area contributed by atoms with Crippen LogP contribution >= 0.6 is 27.3 Å². The van der Waals surface area contributed by atoms with E-state index in [4.69, 9.17) is 4.74 Å². The zero-order chi connectivity index (χ0) is 14.9. The predicted octanol–water partition coefficient (Wildman–Crippen LogP) is 4.51. The molecule has 0 aliphatic carbocycles. The van der Waals surface area contributed by atoms with Gasteiger partial charge in [0.05, 0.1) is 6.61 Å². The van der Waals surface area contributed by atoms with Crippen molar-refractivity contribution in [2.75, 3.05) is 13.2 Å². The molecule has 1 aliphatic heterocycles. The third-order valence-electron chi connectivity index (χ3n) is 3.90. The van der Waals surface area contributed by atoms with Gasteiger partial charge in [0.25, 0.3) is 0 Å². The number of ether oxygens (including phenoxy) is 1. The molecule has 112 valence electrons. The lowest BCUT2D eigenvalue weighted by atomic mass is 9.91. The summed E-state index contributed by atoms with van der Waals surface area (Å²) in [6.45, 7) is 7.17. The summed E-state index contributed by atoms with van der Waals surface area (Å²) in [6, 6.07) is 8.67. The van der Waals surface area contributed by atoms with Crippen molar-refractivity contribution >= 4 is 27.3 Å². The molecule has 2 heterocycles. The van der Waals surface area contributed by atoms with Crippen molar-refractivity contribution in [3.05, 3.63) is 50.1 Å². The highest BCUT2D eigenvalue weighted by Gasteiger charge is 2.22. The Morgan fingerprint density at radius 1 is 1.38 bits per heavy atom. The summed E-state index contributed by atoms with van der Waals surface area (Å²) in [4.78, 5) is 1.42. The van der Waals surface area contributed by atoms with Crippen LogP contribution in [0.3, 0.4) is 0 Å². The summed E-state index contributed by atoms with van der Waals surface area (Å²) in [5.41, 5.74) is 2.72. The van der Waals surface area contributed by atoms with Gasteiger partial charge in [-0.2, -0.15) is 0 Å². The summed E-state index contributed by atoms with van der Waals surface area (Å²) < 4.78 is 6.92. The quantitative estimate of drug-likeness (QED) is 0.841. The highest BCUT2D eigenvalue weighted by molar-refractivity contribution is 9.10. The van der Waals surface area contributed by atoms with Crippen LogP contribution in [0.5, 0.6) is 5.75 Å². The summed E-state index contributed by atoms with van der Waals surface area (Å²) in [7, 11) is 0. The zero-order valence-electron chi connectivity index (χ0n) is 12.4. The van der Waals surface area contributed by atoms with Gasteiger partial charge in [-0.05, 0) is 29.1 Å². The topological polar surface area (TPSA) is 21.3 Å². The SMILES string of the molecule is CC(C)(CNCc1cc(Br)cc2c1OCC2)c1cccs1. The Labute approximate surface area is 138 Å². The molecule has 4 heteroatoms. The fraction of sp³-hybridized carbons (Fsp3) is 0.412. The first-order chi connectivity index (χ1) is 10.1. The second kappa shape index (κ2) is 6.11. The van der Waals surface area contributed by atoms with Gasteiger partial charge < -0.3 is 10.1 Å². The summed E-state index contributed by atoms with van der Waals surface area (Å²) >= 11 is 5.42. The van der Waals surface area contributed by atoms with Crippen LogP contribution in [0.15, 0.2) is 34.1 Å². The van der Waals surface area contributed by atoms with E-state index < -0.39 is 0 Å². The number of thiophene rings is 1. The molecule has 0 saturated carbocycles. The van der Waals surface area contributed by atoms with E-state index in [1.807, 2.05) is 11.3 Å². The second-order valence-electron chi connectivity index (χ2n) is 6.12. The molecule has 0 unspecified atom stereocenters. The standard InChI is InChI=1S/C17H20BrNOS/c1-17(2,15-4-3-7-21-15)11-19-10-13-9-14(18)8-12-5-6-20-16(12)13/h3-4,7-9,19H,5-6,10-11H2,1-2H3. The average molecular weight is 366 g/mol. The molecule has 1 N–H and O–H groups in total. The molecule has 2 aromatic rings. The maximum absolute atomic E-state index is 5.78. The minimum Gasteiger partial charge on any atom is -0.493 e. The summed E-state index contributed by atoms with van der Waals surface area (Å²) in [5.74, 6) is 1.08. The minimum absolute atomic E-state index is 0.157. The van der Waals surface area contributed by atoms with E-state index in [9.17, 15) is 0 Å². The van der Waals surface area contributed by atoms with E-state index in [0.29, 0.717) is 0 Å². The molecule has 1 aliphatic rings. The molecule has 0 spiro atoms. The lowest BCUT2D eigenvalue weighted by Crippen LogP contribution is -2.32. The van der Waals surface area contributed by atoms with Crippen molar-refractivity contribution in [3.8, 4) is 5.75 Å². The van der Waals surface area contributed by atoms with E-state index >= 15 is 0 Å². The average Bonchev–Trinajstić information content (AvgIpc) is 3.09. The normalized spacial score (nSPS) is 14.0. The Kier molecular flexibility index (Phi) is 4.38. The monoisotopic (exact) mass is 365 g/mol. The van der Waals surface area contributed by atoms with Crippen LogP contribution in [-0.4, -0.2) is 13.2 Å². The van der Waals surface area contributed by atoms with Crippen LogP contribution in [0.4, 0.5) is 0 Å². The Balaban J connectivity index is 1.66. The number of benzene rings is 1. The van der Waals surface area contributed by atoms with Gasteiger partial charge in [-0.3, -0.25) is 0 Å². The molecule has 2 nitrogen and oxygen atoms in total. The molecule has 0 radical (unpaired) electrons. The third kappa shape index (κ3) is 3.33. The molecule has 1 aromatic heterocycles. The summed E-state index contributed by atoms with van der Waals surface area (Å²) in [5, 5.41) is 5.74. The van der Waals surface area contributed by atoms with E-state index in [-0.39, 0.29) is 5.41 Å². The van der Waals surface area contributed by atoms with Crippen molar-refractivity contribution < 1.29 is 4.74 Å². The predicted molar refractivity (Wildman–Crippen MR) is 92.4 cm³/mol. The lowest BCUT2D eigenvalue weighted by Gasteiger charge is -2.24. The van der Waals surface area contributed by atoms with Crippen LogP contribution in [0.1, 0.15) is 29.9 Å². The van der Waals surface area contributed by atoms with Gasteiger partial charge in [0, 0.05) is 39.8 Å². The number of halogens is 1. The second-order valence-corrected chi connectivity index (χ2v) is 7.98. The largest absolute Gasteiger partial charge is 0.493 e. The first kappa shape index (κ1) is 15.1. The fourth-order valence-electron chi connectivity index (χ4n) is 2.74. The molecule has 0 fully saturated rings. The van der Waals surface area contributed by atoms with Crippen LogP contribution in [-0.2, 0) is 18.4 Å².